The molecule has 1 aliphatic rings. The lowest BCUT2D eigenvalue weighted by molar-refractivity contribution is 0.455. The summed E-state index contributed by atoms with van der Waals surface area (Å²) in [6.45, 7) is 23.5. The van der Waals surface area contributed by atoms with Gasteiger partial charge < -0.3 is 5.32 Å². The van der Waals surface area contributed by atoms with Crippen molar-refractivity contribution in [1.29, 1.82) is 0 Å². The molecule has 2 heterocycles. The predicted octanol–water partition coefficient (Wildman–Crippen LogP) is 5.92. The van der Waals surface area contributed by atoms with E-state index in [0.717, 1.165) is 48.8 Å². The molecule has 1 saturated heterocycles. The largest absolute Gasteiger partial charge is 0.317 e. The third-order valence-corrected chi connectivity index (χ3v) is 4.93. The second-order valence-electron chi connectivity index (χ2n) is 9.41. The van der Waals surface area contributed by atoms with Crippen molar-refractivity contribution in [3.63, 3.8) is 0 Å². The first-order chi connectivity index (χ1) is 13.0. The van der Waals surface area contributed by atoms with Crippen LogP contribution in [0.5, 0.6) is 0 Å². The molecule has 4 heteroatoms. The predicted molar refractivity (Wildman–Crippen MR) is 123 cm³/mol. The van der Waals surface area contributed by atoms with Gasteiger partial charge in [-0.05, 0) is 51.8 Å². The number of piperidine rings is 1. The third kappa shape index (κ3) is 6.80. The minimum atomic E-state index is -0.0946. The van der Waals surface area contributed by atoms with E-state index in [1.54, 1.807) is 0 Å². The molecule has 4 nitrogen and oxygen atoms in total. The fourth-order valence-corrected chi connectivity index (χ4v) is 3.09. The van der Waals surface area contributed by atoms with Gasteiger partial charge in [0.05, 0.1) is 17.1 Å². The van der Waals surface area contributed by atoms with E-state index in [2.05, 4.69) is 65.9 Å². The summed E-state index contributed by atoms with van der Waals surface area (Å²) in [5.41, 5.74) is 4.06. The van der Waals surface area contributed by atoms with Crippen LogP contribution in [0.25, 0.3) is 5.70 Å². The van der Waals surface area contributed by atoms with Crippen molar-refractivity contribution in [3.05, 3.63) is 29.4 Å². The number of aliphatic imine (C=N–C) groups is 1. The Labute approximate surface area is 173 Å². The van der Waals surface area contributed by atoms with Crippen LogP contribution < -0.4 is 5.32 Å². The van der Waals surface area contributed by atoms with Gasteiger partial charge in [0.1, 0.15) is 5.82 Å². The number of nitrogens with one attached hydrogen (secondary N) is 1. The Hall–Kier alpha value is -1.55. The number of nitrogens with zero attached hydrogens (tertiary/aromatic N) is 3. The van der Waals surface area contributed by atoms with Gasteiger partial charge in [-0.25, -0.2) is 9.97 Å². The first-order valence-corrected chi connectivity index (χ1v) is 10.8. The molecule has 1 fully saturated rings. The van der Waals surface area contributed by atoms with Crippen LogP contribution in [0, 0.1) is 5.92 Å². The summed E-state index contributed by atoms with van der Waals surface area (Å²) in [6, 6.07) is 2.11. The van der Waals surface area contributed by atoms with Crippen LogP contribution in [0.4, 0.5) is 0 Å². The molecule has 1 aromatic heterocycles. The molecular formula is C24H42N4. The summed E-state index contributed by atoms with van der Waals surface area (Å²) in [4.78, 5) is 14.8. The maximum Gasteiger partial charge on any atom is 0.134 e. The molecule has 0 amide bonds. The van der Waals surface area contributed by atoms with E-state index in [4.69, 9.17) is 15.0 Å². The van der Waals surface area contributed by atoms with Gasteiger partial charge in [-0.1, -0.05) is 61.5 Å². The molecule has 0 radical (unpaired) electrons. The summed E-state index contributed by atoms with van der Waals surface area (Å²) in [5, 5.41) is 3.43. The van der Waals surface area contributed by atoms with Gasteiger partial charge in [0.25, 0.3) is 0 Å². The first kappa shape index (κ1) is 24.5. The number of rotatable bonds is 3. The summed E-state index contributed by atoms with van der Waals surface area (Å²) in [7, 11) is 0. The zero-order valence-corrected chi connectivity index (χ0v) is 19.9. The van der Waals surface area contributed by atoms with Gasteiger partial charge in [0, 0.05) is 16.5 Å². The minimum Gasteiger partial charge on any atom is -0.317 e. The lowest BCUT2D eigenvalue weighted by Crippen LogP contribution is -2.31. The molecular weight excluding hydrogens is 344 g/mol. The van der Waals surface area contributed by atoms with Crippen LogP contribution in [-0.4, -0.2) is 28.8 Å². The number of hydrogen-bond acceptors (Lipinski definition) is 4. The van der Waals surface area contributed by atoms with Crippen molar-refractivity contribution in [2.24, 2.45) is 10.9 Å². The maximum atomic E-state index is 4.99. The van der Waals surface area contributed by atoms with Crippen LogP contribution in [-0.2, 0) is 10.8 Å². The van der Waals surface area contributed by atoms with Gasteiger partial charge in [0.15, 0.2) is 0 Å². The normalized spacial score (nSPS) is 17.2. The van der Waals surface area contributed by atoms with Crippen molar-refractivity contribution < 1.29 is 0 Å². The van der Waals surface area contributed by atoms with E-state index < -0.39 is 0 Å². The topological polar surface area (TPSA) is 50.2 Å². The standard InChI is InChI=1S/C22H36N4.C2H6/c1-9-17(24-15(2)16-10-12-23-13-11-16)18-14-19(21(3,4)5)26-20(25-18)22(6,7)8;1-2/h9,14,16,23H,10-13H2,1-8H3;1-2H3/b17-9-,24-15?;. The fraction of sp³-hybridized carbons (Fsp3) is 0.708. The van der Waals surface area contributed by atoms with E-state index in [0.29, 0.717) is 5.92 Å². The summed E-state index contributed by atoms with van der Waals surface area (Å²) in [6.07, 6.45) is 4.40. The molecule has 1 aromatic rings. The van der Waals surface area contributed by atoms with E-state index >= 15 is 0 Å². The molecule has 0 aromatic carbocycles. The molecule has 0 atom stereocenters. The van der Waals surface area contributed by atoms with Crippen molar-refractivity contribution in [2.45, 2.75) is 92.9 Å². The Balaban J connectivity index is 0.00000190. The van der Waals surface area contributed by atoms with Crippen LogP contribution in [0.1, 0.15) is 99.3 Å². The average Bonchev–Trinajstić information content (AvgIpc) is 2.66. The lowest BCUT2D eigenvalue weighted by atomic mass is 9.89. The minimum absolute atomic E-state index is 0.0235. The number of aromatic nitrogens is 2. The Kier molecular flexibility index (Phi) is 9.00. The van der Waals surface area contributed by atoms with Gasteiger partial charge in [-0.3, -0.25) is 4.99 Å². The van der Waals surface area contributed by atoms with Crippen molar-refractivity contribution in [2.75, 3.05) is 13.1 Å². The van der Waals surface area contributed by atoms with Gasteiger partial charge in [0.2, 0.25) is 0 Å². The second kappa shape index (κ2) is 10.3. The van der Waals surface area contributed by atoms with Crippen LogP contribution in [0.15, 0.2) is 17.1 Å². The summed E-state index contributed by atoms with van der Waals surface area (Å²) < 4.78 is 0. The molecule has 0 unspecified atom stereocenters. The Bertz CT molecular complexity index is 649. The molecule has 2 rings (SSSR count). The van der Waals surface area contributed by atoms with Crippen molar-refractivity contribution in [1.82, 2.24) is 15.3 Å². The lowest BCUT2D eigenvalue weighted by Gasteiger charge is -2.24. The molecule has 1 N–H and O–H groups in total. The third-order valence-electron chi connectivity index (χ3n) is 4.93. The monoisotopic (exact) mass is 386 g/mol. The smallest absolute Gasteiger partial charge is 0.134 e. The van der Waals surface area contributed by atoms with Crippen LogP contribution >= 0.6 is 0 Å². The highest BCUT2D eigenvalue weighted by Crippen LogP contribution is 2.28. The molecule has 0 saturated carbocycles. The summed E-state index contributed by atoms with van der Waals surface area (Å²) >= 11 is 0. The fourth-order valence-electron chi connectivity index (χ4n) is 3.09. The Morgan fingerprint density at radius 3 is 2.07 bits per heavy atom. The van der Waals surface area contributed by atoms with Gasteiger partial charge in [-0.2, -0.15) is 0 Å². The average molecular weight is 387 g/mol. The van der Waals surface area contributed by atoms with E-state index in [9.17, 15) is 0 Å². The number of hydrogen-bond donors (Lipinski definition) is 1. The SMILES string of the molecule is C/C=C(\N=C(C)C1CCNCC1)c1cc(C(C)(C)C)nc(C(C)(C)C)n1.CC. The maximum absolute atomic E-state index is 4.99. The van der Waals surface area contributed by atoms with Crippen molar-refractivity contribution in [3.8, 4) is 0 Å². The van der Waals surface area contributed by atoms with E-state index in [1.165, 1.54) is 5.71 Å². The molecule has 0 aliphatic carbocycles. The Morgan fingerprint density at radius 1 is 1.04 bits per heavy atom. The van der Waals surface area contributed by atoms with Crippen molar-refractivity contribution >= 4 is 11.4 Å². The highest BCUT2D eigenvalue weighted by atomic mass is 14.9. The molecule has 28 heavy (non-hydrogen) atoms. The number of allylic oxidation sites excluding steroid dienone is 1. The molecule has 158 valence electrons. The first-order valence-electron chi connectivity index (χ1n) is 10.8. The van der Waals surface area contributed by atoms with E-state index in [-0.39, 0.29) is 10.8 Å². The Morgan fingerprint density at radius 2 is 1.61 bits per heavy atom. The van der Waals surface area contributed by atoms with Gasteiger partial charge in [-0.15, -0.1) is 0 Å². The highest BCUT2D eigenvalue weighted by molar-refractivity contribution is 5.89. The highest BCUT2D eigenvalue weighted by Gasteiger charge is 2.24. The van der Waals surface area contributed by atoms with Gasteiger partial charge >= 0.3 is 0 Å². The summed E-state index contributed by atoms with van der Waals surface area (Å²) in [5.74, 6) is 1.45. The van der Waals surface area contributed by atoms with E-state index in [1.807, 2.05) is 20.8 Å². The zero-order valence-electron chi connectivity index (χ0n) is 19.9. The molecule has 1 aliphatic heterocycles. The van der Waals surface area contributed by atoms with Crippen LogP contribution in [0.3, 0.4) is 0 Å². The van der Waals surface area contributed by atoms with Crippen LogP contribution in [0.2, 0.25) is 0 Å². The quantitative estimate of drug-likeness (QED) is 0.656. The second-order valence-corrected chi connectivity index (χ2v) is 9.41. The zero-order chi connectivity index (χ0) is 21.5. The molecule has 0 spiro atoms. The molecule has 0 bridgehead atoms.